The molecule has 2 rings (SSSR count). The quantitative estimate of drug-likeness (QED) is 0.834. The molecule has 0 saturated carbocycles. The van der Waals surface area contributed by atoms with Gasteiger partial charge in [-0.2, -0.15) is 18.3 Å². The van der Waals surface area contributed by atoms with Crippen molar-refractivity contribution in [2.45, 2.75) is 25.6 Å². The molecule has 0 radical (unpaired) electrons. The van der Waals surface area contributed by atoms with Gasteiger partial charge in [0, 0.05) is 25.2 Å². The summed E-state index contributed by atoms with van der Waals surface area (Å²) in [5.41, 5.74) is 0. The molecule has 0 bridgehead atoms. The van der Waals surface area contributed by atoms with Crippen molar-refractivity contribution in [2.24, 2.45) is 5.92 Å². The van der Waals surface area contributed by atoms with Crippen LogP contribution in [0.2, 0.25) is 5.02 Å². The first-order valence-corrected chi connectivity index (χ1v) is 7.59. The van der Waals surface area contributed by atoms with Gasteiger partial charge in [0.2, 0.25) is 11.8 Å². The molecule has 1 aliphatic heterocycles. The fraction of sp³-hybridized carbons (Fsp3) is 0.500. The summed E-state index contributed by atoms with van der Waals surface area (Å²) in [7, 11) is 0. The molecule has 0 unspecified atom stereocenters. The summed E-state index contributed by atoms with van der Waals surface area (Å²) < 4.78 is 37.6. The maximum atomic E-state index is 12.3. The van der Waals surface area contributed by atoms with Gasteiger partial charge in [0.15, 0.2) is 5.82 Å². The average Bonchev–Trinajstić information content (AvgIpc) is 2.84. The number of carbonyl (C=O) groups is 2. The van der Waals surface area contributed by atoms with Gasteiger partial charge in [-0.05, 0) is 18.9 Å². The molecule has 1 saturated heterocycles. The molecule has 2 heterocycles. The van der Waals surface area contributed by atoms with Crippen molar-refractivity contribution in [3.05, 3.63) is 23.9 Å². The fourth-order valence-electron chi connectivity index (χ4n) is 2.46. The van der Waals surface area contributed by atoms with E-state index in [0.717, 1.165) is 6.20 Å². The van der Waals surface area contributed by atoms with E-state index in [4.69, 9.17) is 11.6 Å². The number of halogens is 4. The van der Waals surface area contributed by atoms with Crippen LogP contribution in [0.1, 0.15) is 12.8 Å². The Kier molecular flexibility index (Phi) is 5.53. The van der Waals surface area contributed by atoms with Crippen molar-refractivity contribution >= 4 is 29.2 Å². The lowest BCUT2D eigenvalue weighted by Gasteiger charge is -2.30. The zero-order chi connectivity index (χ0) is 17.9. The number of piperidine rings is 1. The normalized spacial score (nSPS) is 16.1. The van der Waals surface area contributed by atoms with E-state index in [-0.39, 0.29) is 28.6 Å². The van der Waals surface area contributed by atoms with Gasteiger partial charge in [-0.15, -0.1) is 0 Å². The SMILES string of the molecule is C=CC(=O)N1CCC(C(=O)Nc2nn(CC(F)(F)F)cc2Cl)CC1. The first-order chi connectivity index (χ1) is 11.2. The van der Waals surface area contributed by atoms with E-state index in [1.54, 1.807) is 4.90 Å². The number of nitrogens with one attached hydrogen (secondary N) is 1. The van der Waals surface area contributed by atoms with Crippen LogP contribution in [0.4, 0.5) is 19.0 Å². The molecule has 24 heavy (non-hydrogen) atoms. The van der Waals surface area contributed by atoms with Crippen LogP contribution < -0.4 is 5.32 Å². The molecule has 10 heteroatoms. The number of nitrogens with zero attached hydrogens (tertiary/aromatic N) is 3. The average molecular weight is 365 g/mol. The molecule has 1 fully saturated rings. The van der Waals surface area contributed by atoms with Gasteiger partial charge in [-0.1, -0.05) is 18.2 Å². The molecule has 2 amide bonds. The van der Waals surface area contributed by atoms with Crippen LogP contribution in [0.25, 0.3) is 0 Å². The number of aromatic nitrogens is 2. The van der Waals surface area contributed by atoms with E-state index < -0.39 is 12.7 Å². The van der Waals surface area contributed by atoms with Crippen LogP contribution in [0.3, 0.4) is 0 Å². The first-order valence-electron chi connectivity index (χ1n) is 7.21. The monoisotopic (exact) mass is 364 g/mol. The second-order valence-corrected chi connectivity index (χ2v) is 5.84. The van der Waals surface area contributed by atoms with E-state index in [0.29, 0.717) is 30.6 Å². The number of hydrogen-bond acceptors (Lipinski definition) is 3. The Morgan fingerprint density at radius 3 is 2.58 bits per heavy atom. The molecule has 0 aliphatic carbocycles. The second-order valence-electron chi connectivity index (χ2n) is 5.43. The third-order valence-electron chi connectivity index (χ3n) is 3.65. The van der Waals surface area contributed by atoms with E-state index in [1.165, 1.54) is 6.08 Å². The van der Waals surface area contributed by atoms with Crippen molar-refractivity contribution < 1.29 is 22.8 Å². The lowest BCUT2D eigenvalue weighted by atomic mass is 9.96. The molecule has 1 aliphatic rings. The largest absolute Gasteiger partial charge is 0.408 e. The summed E-state index contributed by atoms with van der Waals surface area (Å²) in [5.74, 6) is -1.03. The van der Waals surface area contributed by atoms with Gasteiger partial charge in [-0.3, -0.25) is 14.3 Å². The van der Waals surface area contributed by atoms with E-state index >= 15 is 0 Å². The van der Waals surface area contributed by atoms with Crippen molar-refractivity contribution in [3.63, 3.8) is 0 Å². The highest BCUT2D eigenvalue weighted by molar-refractivity contribution is 6.33. The third kappa shape index (κ3) is 4.73. The summed E-state index contributed by atoms with van der Waals surface area (Å²) >= 11 is 5.81. The van der Waals surface area contributed by atoms with Crippen molar-refractivity contribution in [1.29, 1.82) is 0 Å². The molecular weight excluding hydrogens is 349 g/mol. The molecule has 132 valence electrons. The molecule has 0 spiro atoms. The molecular formula is C14H16ClF3N4O2. The highest BCUT2D eigenvalue weighted by Gasteiger charge is 2.30. The van der Waals surface area contributed by atoms with E-state index in [9.17, 15) is 22.8 Å². The van der Waals surface area contributed by atoms with Crippen LogP contribution in [0, 0.1) is 5.92 Å². The minimum Gasteiger partial charge on any atom is -0.339 e. The van der Waals surface area contributed by atoms with Crippen LogP contribution in [-0.2, 0) is 16.1 Å². The lowest BCUT2D eigenvalue weighted by Crippen LogP contribution is -2.40. The predicted molar refractivity (Wildman–Crippen MR) is 81.4 cm³/mol. The maximum absolute atomic E-state index is 12.3. The Labute approximate surface area is 141 Å². The second kappa shape index (κ2) is 7.25. The fourth-order valence-corrected chi connectivity index (χ4v) is 2.65. The zero-order valence-corrected chi connectivity index (χ0v) is 13.4. The van der Waals surface area contributed by atoms with Crippen LogP contribution in [0.15, 0.2) is 18.9 Å². The highest BCUT2D eigenvalue weighted by Crippen LogP contribution is 2.25. The minimum absolute atomic E-state index is 0.0631. The van der Waals surface area contributed by atoms with Gasteiger partial charge in [0.25, 0.3) is 0 Å². The number of anilines is 1. The Hall–Kier alpha value is -2.03. The van der Waals surface area contributed by atoms with Gasteiger partial charge < -0.3 is 10.2 Å². The third-order valence-corrected chi connectivity index (χ3v) is 3.93. The summed E-state index contributed by atoms with van der Waals surface area (Å²) in [6, 6.07) is 0. The Morgan fingerprint density at radius 1 is 1.42 bits per heavy atom. The van der Waals surface area contributed by atoms with Crippen LogP contribution in [0.5, 0.6) is 0 Å². The van der Waals surface area contributed by atoms with Crippen LogP contribution >= 0.6 is 11.6 Å². The number of likely N-dealkylation sites (tertiary alicyclic amines) is 1. The van der Waals surface area contributed by atoms with Gasteiger partial charge in [0.05, 0.1) is 0 Å². The molecule has 1 N–H and O–H groups in total. The lowest BCUT2D eigenvalue weighted by molar-refractivity contribution is -0.142. The Bertz CT molecular complexity index is 636. The summed E-state index contributed by atoms with van der Waals surface area (Å²) in [6.45, 7) is 2.95. The predicted octanol–water partition coefficient (Wildman–Crippen LogP) is 2.46. The van der Waals surface area contributed by atoms with E-state index in [1.807, 2.05) is 0 Å². The van der Waals surface area contributed by atoms with Gasteiger partial charge in [-0.25, -0.2) is 0 Å². The molecule has 1 aromatic heterocycles. The summed E-state index contributed by atoms with van der Waals surface area (Å²) in [6.07, 6.45) is -1.30. The van der Waals surface area contributed by atoms with E-state index in [2.05, 4.69) is 17.0 Å². The maximum Gasteiger partial charge on any atom is 0.408 e. The number of carbonyl (C=O) groups excluding carboxylic acids is 2. The number of amides is 2. The van der Waals surface area contributed by atoms with Crippen LogP contribution in [-0.4, -0.2) is 45.8 Å². The zero-order valence-electron chi connectivity index (χ0n) is 12.6. The van der Waals surface area contributed by atoms with Crippen molar-refractivity contribution in [1.82, 2.24) is 14.7 Å². The number of alkyl halides is 3. The van der Waals surface area contributed by atoms with Crippen molar-refractivity contribution in [2.75, 3.05) is 18.4 Å². The summed E-state index contributed by atoms with van der Waals surface area (Å²) in [5, 5.41) is 6.03. The standard InChI is InChI=1S/C14H16ClF3N4O2/c1-2-11(23)21-5-3-9(4-6-21)13(24)19-12-10(15)7-22(20-12)8-14(16,17)18/h2,7,9H,1,3-6,8H2,(H,19,20,24). The Balaban J connectivity index is 1.93. The topological polar surface area (TPSA) is 67.2 Å². The Morgan fingerprint density at radius 2 is 2.04 bits per heavy atom. The smallest absolute Gasteiger partial charge is 0.339 e. The molecule has 1 aromatic rings. The van der Waals surface area contributed by atoms with Gasteiger partial charge in [0.1, 0.15) is 11.6 Å². The molecule has 0 aromatic carbocycles. The molecule has 0 atom stereocenters. The van der Waals surface area contributed by atoms with Gasteiger partial charge >= 0.3 is 6.18 Å². The number of hydrogen-bond donors (Lipinski definition) is 1. The van der Waals surface area contributed by atoms with Crippen molar-refractivity contribution in [3.8, 4) is 0 Å². The molecule has 6 nitrogen and oxygen atoms in total. The first kappa shape index (κ1) is 18.3. The number of rotatable bonds is 4. The highest BCUT2D eigenvalue weighted by atomic mass is 35.5. The summed E-state index contributed by atoms with van der Waals surface area (Å²) in [4.78, 5) is 25.3. The minimum atomic E-state index is -4.43.